The van der Waals surface area contributed by atoms with Crippen molar-refractivity contribution < 1.29 is 19.1 Å². The van der Waals surface area contributed by atoms with Gasteiger partial charge in [-0.3, -0.25) is 4.98 Å². The van der Waals surface area contributed by atoms with Gasteiger partial charge in [0.25, 0.3) is 0 Å². The van der Waals surface area contributed by atoms with Gasteiger partial charge in [0, 0.05) is 22.8 Å². The van der Waals surface area contributed by atoms with Crippen LogP contribution < -0.4 is 5.32 Å². The highest BCUT2D eigenvalue weighted by atomic mass is 32.1. The van der Waals surface area contributed by atoms with Crippen LogP contribution >= 0.6 is 11.3 Å². The molecule has 0 radical (unpaired) electrons. The van der Waals surface area contributed by atoms with Gasteiger partial charge in [0.05, 0.1) is 26.0 Å². The summed E-state index contributed by atoms with van der Waals surface area (Å²) < 4.78 is 9.28. The maximum Gasteiger partial charge on any atom is 0.354 e. The lowest BCUT2D eigenvalue weighted by Gasteiger charge is -2.10. The van der Waals surface area contributed by atoms with E-state index in [2.05, 4.69) is 20.0 Å². The number of thiazole rings is 1. The Kier molecular flexibility index (Phi) is 6.13. The molecular weight excluding hydrogens is 378 g/mol. The molecule has 2 heterocycles. The van der Waals surface area contributed by atoms with E-state index in [-0.39, 0.29) is 5.70 Å². The number of nitrogens with zero attached hydrogens (tertiary/aromatic N) is 2. The summed E-state index contributed by atoms with van der Waals surface area (Å²) in [6.07, 6.45) is 2.77. The largest absolute Gasteiger partial charge is 0.466 e. The highest BCUT2D eigenvalue weighted by Gasteiger charge is 2.14. The SMILES string of the molecule is COC(=O)/C=C(/Nc1cccc(-c2nc(-c3ccccn3)cs2)c1)C(=O)OC. The molecule has 0 aliphatic heterocycles. The van der Waals surface area contributed by atoms with Crippen LogP contribution in [0.1, 0.15) is 0 Å². The summed E-state index contributed by atoms with van der Waals surface area (Å²) in [4.78, 5) is 32.3. The number of ether oxygens (including phenoxy) is 2. The van der Waals surface area contributed by atoms with Crippen molar-refractivity contribution >= 4 is 29.0 Å². The van der Waals surface area contributed by atoms with E-state index in [1.165, 1.54) is 25.6 Å². The van der Waals surface area contributed by atoms with Crippen molar-refractivity contribution in [3.05, 3.63) is 65.8 Å². The van der Waals surface area contributed by atoms with Gasteiger partial charge in [0.1, 0.15) is 16.4 Å². The molecule has 3 rings (SSSR count). The van der Waals surface area contributed by atoms with Crippen molar-refractivity contribution in [3.8, 4) is 22.0 Å². The third-order valence-electron chi connectivity index (χ3n) is 3.69. The van der Waals surface area contributed by atoms with Crippen LogP contribution in [0, 0.1) is 0 Å². The zero-order valence-corrected chi connectivity index (χ0v) is 16.0. The lowest BCUT2D eigenvalue weighted by Crippen LogP contribution is -2.15. The van der Waals surface area contributed by atoms with Crippen molar-refractivity contribution in [1.29, 1.82) is 0 Å². The minimum atomic E-state index is -0.678. The molecule has 0 saturated heterocycles. The molecule has 1 N–H and O–H groups in total. The van der Waals surface area contributed by atoms with Gasteiger partial charge < -0.3 is 14.8 Å². The van der Waals surface area contributed by atoms with Crippen molar-refractivity contribution in [2.24, 2.45) is 0 Å². The van der Waals surface area contributed by atoms with E-state index in [9.17, 15) is 9.59 Å². The van der Waals surface area contributed by atoms with Crippen LogP contribution in [-0.4, -0.2) is 36.1 Å². The van der Waals surface area contributed by atoms with E-state index in [0.717, 1.165) is 28.0 Å². The number of esters is 2. The fraction of sp³-hybridized carbons (Fsp3) is 0.100. The summed E-state index contributed by atoms with van der Waals surface area (Å²) in [5.41, 5.74) is 3.03. The zero-order valence-electron chi connectivity index (χ0n) is 15.2. The summed E-state index contributed by atoms with van der Waals surface area (Å²) >= 11 is 1.49. The summed E-state index contributed by atoms with van der Waals surface area (Å²) in [6, 6.07) is 13.0. The predicted octanol–water partition coefficient (Wildman–Crippen LogP) is 3.51. The summed E-state index contributed by atoms with van der Waals surface area (Å²) in [6.45, 7) is 0. The van der Waals surface area contributed by atoms with Crippen LogP contribution in [0.15, 0.2) is 65.8 Å². The van der Waals surface area contributed by atoms with Gasteiger partial charge in [-0.05, 0) is 24.3 Å². The van der Waals surface area contributed by atoms with Crippen LogP contribution in [-0.2, 0) is 19.1 Å². The molecule has 0 spiro atoms. The molecule has 1 aromatic carbocycles. The Morgan fingerprint density at radius 2 is 1.93 bits per heavy atom. The Morgan fingerprint density at radius 1 is 1.07 bits per heavy atom. The number of hydrogen-bond acceptors (Lipinski definition) is 8. The number of pyridine rings is 1. The minimum Gasteiger partial charge on any atom is -0.466 e. The first-order valence-corrected chi connectivity index (χ1v) is 9.11. The van der Waals surface area contributed by atoms with Crippen LogP contribution in [0.3, 0.4) is 0 Å². The molecule has 0 saturated carbocycles. The number of hydrogen-bond donors (Lipinski definition) is 1. The summed E-state index contributed by atoms with van der Waals surface area (Å²) in [5, 5.41) is 5.64. The van der Waals surface area contributed by atoms with Gasteiger partial charge in [-0.15, -0.1) is 11.3 Å². The van der Waals surface area contributed by atoms with Crippen LogP contribution in [0.4, 0.5) is 5.69 Å². The quantitative estimate of drug-likeness (QED) is 0.504. The second kappa shape index (κ2) is 8.92. The fourth-order valence-corrected chi connectivity index (χ4v) is 3.17. The smallest absolute Gasteiger partial charge is 0.354 e. The highest BCUT2D eigenvalue weighted by molar-refractivity contribution is 7.13. The first-order valence-electron chi connectivity index (χ1n) is 8.23. The third kappa shape index (κ3) is 4.60. The Balaban J connectivity index is 1.86. The Labute approximate surface area is 165 Å². The van der Waals surface area contributed by atoms with Gasteiger partial charge in [-0.25, -0.2) is 14.6 Å². The Bertz CT molecular complexity index is 1020. The van der Waals surface area contributed by atoms with E-state index in [1.54, 1.807) is 12.3 Å². The number of carbonyl (C=O) groups is 2. The monoisotopic (exact) mass is 395 g/mol. The Morgan fingerprint density at radius 3 is 2.64 bits per heavy atom. The highest BCUT2D eigenvalue weighted by Crippen LogP contribution is 2.29. The number of rotatable bonds is 6. The van der Waals surface area contributed by atoms with Gasteiger partial charge in [0.15, 0.2) is 0 Å². The molecule has 7 nitrogen and oxygen atoms in total. The van der Waals surface area contributed by atoms with E-state index in [1.807, 2.05) is 41.8 Å². The molecule has 0 bridgehead atoms. The third-order valence-corrected chi connectivity index (χ3v) is 4.58. The molecule has 2 aromatic heterocycles. The van der Waals surface area contributed by atoms with Gasteiger partial charge >= 0.3 is 11.9 Å². The Hall–Kier alpha value is -3.52. The van der Waals surface area contributed by atoms with Crippen molar-refractivity contribution in [2.75, 3.05) is 19.5 Å². The normalized spacial score (nSPS) is 11.0. The number of nitrogens with one attached hydrogen (secondary N) is 1. The summed E-state index contributed by atoms with van der Waals surface area (Å²) in [7, 11) is 2.47. The summed E-state index contributed by atoms with van der Waals surface area (Å²) in [5.74, 6) is -1.34. The molecule has 0 aliphatic rings. The molecule has 8 heteroatoms. The average Bonchev–Trinajstić information content (AvgIpc) is 3.24. The van der Waals surface area contributed by atoms with Gasteiger partial charge in [0.2, 0.25) is 0 Å². The van der Waals surface area contributed by atoms with E-state index in [4.69, 9.17) is 4.74 Å². The average molecular weight is 395 g/mol. The number of benzene rings is 1. The predicted molar refractivity (Wildman–Crippen MR) is 107 cm³/mol. The molecule has 0 fully saturated rings. The topological polar surface area (TPSA) is 90.4 Å². The molecule has 0 amide bonds. The van der Waals surface area contributed by atoms with Crippen molar-refractivity contribution in [3.63, 3.8) is 0 Å². The standard InChI is InChI=1S/C20H17N3O4S/c1-26-18(24)11-16(20(25)27-2)22-14-7-5-6-13(10-14)19-23-17(12-28-19)15-8-3-4-9-21-15/h3-12,22H,1-2H3/b16-11+. The second-order valence-corrected chi connectivity index (χ2v) is 6.39. The molecule has 3 aromatic rings. The van der Waals surface area contributed by atoms with E-state index < -0.39 is 11.9 Å². The number of aromatic nitrogens is 2. The lowest BCUT2D eigenvalue weighted by molar-refractivity contribution is -0.138. The molecule has 0 unspecified atom stereocenters. The minimum absolute atomic E-state index is 0.0280. The molecule has 0 atom stereocenters. The first kappa shape index (κ1) is 19.2. The zero-order chi connectivity index (χ0) is 19.9. The van der Waals surface area contributed by atoms with Gasteiger partial charge in [-0.2, -0.15) is 0 Å². The number of anilines is 1. The fourth-order valence-electron chi connectivity index (χ4n) is 2.36. The second-order valence-electron chi connectivity index (χ2n) is 5.53. The first-order chi connectivity index (χ1) is 13.6. The van der Waals surface area contributed by atoms with Crippen LogP contribution in [0.25, 0.3) is 22.0 Å². The molecule has 0 aliphatic carbocycles. The molecule has 142 valence electrons. The van der Waals surface area contributed by atoms with Crippen LogP contribution in [0.5, 0.6) is 0 Å². The van der Waals surface area contributed by atoms with Gasteiger partial charge in [-0.1, -0.05) is 18.2 Å². The van der Waals surface area contributed by atoms with Crippen LogP contribution in [0.2, 0.25) is 0 Å². The van der Waals surface area contributed by atoms with E-state index >= 15 is 0 Å². The lowest BCUT2D eigenvalue weighted by atomic mass is 10.2. The van der Waals surface area contributed by atoms with Crippen molar-refractivity contribution in [1.82, 2.24) is 9.97 Å². The maximum absolute atomic E-state index is 11.9. The maximum atomic E-state index is 11.9. The molecular formula is C20H17N3O4S. The number of carbonyl (C=O) groups excluding carboxylic acids is 2. The van der Waals surface area contributed by atoms with Crippen molar-refractivity contribution in [2.45, 2.75) is 0 Å². The van der Waals surface area contributed by atoms with E-state index in [0.29, 0.717) is 5.69 Å². The number of methoxy groups -OCH3 is 2. The molecule has 28 heavy (non-hydrogen) atoms.